The van der Waals surface area contributed by atoms with Crippen LogP contribution in [0.5, 0.6) is 0 Å². The van der Waals surface area contributed by atoms with Crippen LogP contribution in [0, 0.1) is 0 Å². The molecule has 0 aliphatic rings. The number of hydrogen-bond acceptors (Lipinski definition) is 8. The summed E-state index contributed by atoms with van der Waals surface area (Å²) in [6, 6.07) is 0. The zero-order chi connectivity index (χ0) is 43.1. The molecular formula is C49H102N6O4. The topological polar surface area (TPSA) is 152 Å². The van der Waals surface area contributed by atoms with Crippen LogP contribution in [0.1, 0.15) is 245 Å². The molecule has 0 radical (unpaired) electrons. The molecule has 0 fully saturated rings. The first kappa shape index (κ1) is 57.7. The number of unbranched alkanes of at least 4 members (excludes halogenated alkanes) is 29. The predicted octanol–water partition coefficient (Wildman–Crippen LogP) is 10.3. The largest absolute Gasteiger partial charge is 0.394 e. The minimum atomic E-state index is -1.03. The second-order valence-electron chi connectivity index (χ2n) is 17.6. The number of aliphatic hydroxyl groups is 2. The van der Waals surface area contributed by atoms with Crippen molar-refractivity contribution in [2.24, 2.45) is 5.73 Å². The quantitative estimate of drug-likeness (QED) is 0.0182. The van der Waals surface area contributed by atoms with Gasteiger partial charge in [-0.05, 0) is 71.2 Å². The van der Waals surface area contributed by atoms with Crippen LogP contribution >= 0.6 is 0 Å². The maximum atomic E-state index is 13.2. The number of hydrazine groups is 1. The lowest BCUT2D eigenvalue weighted by Gasteiger charge is -2.34. The molecule has 2 atom stereocenters. The number of rotatable bonds is 49. The maximum absolute atomic E-state index is 13.2. The Hall–Kier alpha value is -1.30. The first-order valence-electron chi connectivity index (χ1n) is 25.7. The summed E-state index contributed by atoms with van der Waals surface area (Å²) < 4.78 is 0. The summed E-state index contributed by atoms with van der Waals surface area (Å²) in [7, 11) is 0. The van der Waals surface area contributed by atoms with Gasteiger partial charge in [-0.15, -0.1) is 0 Å². The van der Waals surface area contributed by atoms with E-state index in [2.05, 4.69) is 35.2 Å². The number of nitrogens with zero attached hydrogens (tertiary/aromatic N) is 1. The van der Waals surface area contributed by atoms with E-state index in [1.165, 1.54) is 154 Å². The summed E-state index contributed by atoms with van der Waals surface area (Å²) in [5.41, 5.74) is 8.59. The molecule has 0 spiro atoms. The molecule has 0 aromatic rings. The lowest BCUT2D eigenvalue weighted by Crippen LogP contribution is -2.58. The van der Waals surface area contributed by atoms with Crippen LogP contribution in [0.2, 0.25) is 0 Å². The van der Waals surface area contributed by atoms with Crippen molar-refractivity contribution in [1.29, 1.82) is 0 Å². The third-order valence-corrected chi connectivity index (χ3v) is 11.7. The van der Waals surface area contributed by atoms with Crippen LogP contribution in [-0.2, 0) is 9.59 Å². The molecule has 0 aromatic heterocycles. The third kappa shape index (κ3) is 43.2. The molecule has 0 rings (SSSR count). The maximum Gasteiger partial charge on any atom is 0.234 e. The lowest BCUT2D eigenvalue weighted by molar-refractivity contribution is -0.132. The van der Waals surface area contributed by atoms with Crippen molar-refractivity contribution < 1.29 is 19.8 Å². The molecule has 59 heavy (non-hydrogen) atoms. The summed E-state index contributed by atoms with van der Waals surface area (Å²) >= 11 is 0. The number of carbonyl (C=O) groups excluding carboxylic acids is 2. The average Bonchev–Trinajstić information content (AvgIpc) is 3.23. The van der Waals surface area contributed by atoms with Crippen LogP contribution in [0.4, 0.5) is 0 Å². The molecule has 10 nitrogen and oxygen atoms in total. The molecular weight excluding hydrogens is 737 g/mol. The molecule has 0 aromatic carbocycles. The molecule has 352 valence electrons. The highest BCUT2D eigenvalue weighted by molar-refractivity contribution is 5.77. The van der Waals surface area contributed by atoms with Crippen molar-refractivity contribution >= 4 is 11.8 Å². The molecule has 2 amide bonds. The van der Waals surface area contributed by atoms with Gasteiger partial charge in [-0.25, -0.2) is 0 Å². The SMILES string of the molecule is CCCCCCCCCCCCCCCCCC(=O)NC(CCNCCCCNCCCN)N(CC(O)CO)NC(=O)CCCCCCCCCCCCCCCCC. The van der Waals surface area contributed by atoms with Gasteiger partial charge < -0.3 is 31.9 Å². The van der Waals surface area contributed by atoms with Crippen molar-refractivity contribution in [3.63, 3.8) is 0 Å². The van der Waals surface area contributed by atoms with Crippen LogP contribution < -0.4 is 27.1 Å². The van der Waals surface area contributed by atoms with Crippen LogP contribution in [0.15, 0.2) is 0 Å². The van der Waals surface area contributed by atoms with Gasteiger partial charge in [-0.2, -0.15) is 5.01 Å². The fraction of sp³-hybridized carbons (Fsp3) is 0.959. The highest BCUT2D eigenvalue weighted by Crippen LogP contribution is 2.16. The monoisotopic (exact) mass is 839 g/mol. The Morgan fingerprint density at radius 3 is 1.24 bits per heavy atom. The Bertz CT molecular complexity index is 868. The molecule has 0 heterocycles. The van der Waals surface area contributed by atoms with Gasteiger partial charge in [0.25, 0.3) is 0 Å². The first-order chi connectivity index (χ1) is 29.0. The Morgan fingerprint density at radius 2 is 0.847 bits per heavy atom. The van der Waals surface area contributed by atoms with Crippen LogP contribution in [0.3, 0.4) is 0 Å². The Kier molecular flexibility index (Phi) is 46.7. The summed E-state index contributed by atoms with van der Waals surface area (Å²) in [5.74, 6) is -0.144. The number of nitrogens with one attached hydrogen (secondary N) is 4. The fourth-order valence-corrected chi connectivity index (χ4v) is 7.85. The predicted molar refractivity (Wildman–Crippen MR) is 252 cm³/mol. The highest BCUT2D eigenvalue weighted by atomic mass is 16.3. The Morgan fingerprint density at radius 1 is 0.492 bits per heavy atom. The molecule has 0 bridgehead atoms. The molecule has 8 N–H and O–H groups in total. The molecule has 0 aliphatic heterocycles. The second kappa shape index (κ2) is 47.7. The summed E-state index contributed by atoms with van der Waals surface area (Å²) in [6.07, 6.45) is 41.4. The van der Waals surface area contributed by atoms with Gasteiger partial charge in [0.1, 0.15) is 6.17 Å². The number of amides is 2. The normalized spacial score (nSPS) is 12.6. The van der Waals surface area contributed by atoms with Crippen molar-refractivity contribution in [2.75, 3.05) is 45.9 Å². The zero-order valence-electron chi connectivity index (χ0n) is 39.3. The van der Waals surface area contributed by atoms with Crippen LogP contribution in [-0.4, -0.2) is 85.2 Å². The minimum absolute atomic E-state index is 0.0339. The van der Waals surface area contributed by atoms with Gasteiger partial charge in [0.15, 0.2) is 0 Å². The van der Waals surface area contributed by atoms with Gasteiger partial charge >= 0.3 is 0 Å². The van der Waals surface area contributed by atoms with Crippen molar-refractivity contribution in [3.05, 3.63) is 0 Å². The van der Waals surface area contributed by atoms with E-state index in [-0.39, 0.29) is 18.4 Å². The van der Waals surface area contributed by atoms with E-state index in [9.17, 15) is 19.8 Å². The van der Waals surface area contributed by atoms with E-state index in [4.69, 9.17) is 5.73 Å². The third-order valence-electron chi connectivity index (χ3n) is 11.7. The zero-order valence-corrected chi connectivity index (χ0v) is 39.3. The van der Waals surface area contributed by atoms with E-state index in [1.54, 1.807) is 5.01 Å². The van der Waals surface area contributed by atoms with E-state index >= 15 is 0 Å². The van der Waals surface area contributed by atoms with Crippen molar-refractivity contribution in [2.45, 2.75) is 257 Å². The second-order valence-corrected chi connectivity index (χ2v) is 17.6. The van der Waals surface area contributed by atoms with Crippen LogP contribution in [0.25, 0.3) is 0 Å². The van der Waals surface area contributed by atoms with Crippen molar-refractivity contribution in [1.82, 2.24) is 26.4 Å². The fourth-order valence-electron chi connectivity index (χ4n) is 7.85. The molecule has 10 heteroatoms. The number of aliphatic hydroxyl groups excluding tert-OH is 2. The van der Waals surface area contributed by atoms with Gasteiger partial charge in [-0.1, -0.05) is 194 Å². The van der Waals surface area contributed by atoms with E-state index in [0.717, 1.165) is 77.4 Å². The first-order valence-corrected chi connectivity index (χ1v) is 25.7. The number of hydrogen-bond donors (Lipinski definition) is 7. The Balaban J connectivity index is 4.67. The average molecular weight is 839 g/mol. The number of nitrogens with two attached hydrogens (primary N) is 1. The standard InChI is InChI=1S/C49H102N6O4/c1-3-5-7-9-11-13-15-17-19-21-23-25-27-29-31-36-48(58)53-47(38-43-52-41-34-33-40-51-42-35-39-50)55(44-46(57)45-56)54-49(59)37-32-30-28-26-24-22-20-18-16-14-12-10-8-6-4-2/h46-47,51-52,56-57H,3-45,50H2,1-2H3,(H,53,58)(H,54,59). The van der Waals surface area contributed by atoms with Gasteiger partial charge in [-0.3, -0.25) is 15.0 Å². The van der Waals surface area contributed by atoms with E-state index in [1.807, 2.05) is 0 Å². The van der Waals surface area contributed by atoms with Crippen molar-refractivity contribution in [3.8, 4) is 0 Å². The summed E-state index contributed by atoms with van der Waals surface area (Å²) in [5, 5.41) is 31.9. The lowest BCUT2D eigenvalue weighted by atomic mass is 10.0. The Labute approximate surface area is 365 Å². The van der Waals surface area contributed by atoms with Gasteiger partial charge in [0, 0.05) is 19.4 Å². The van der Waals surface area contributed by atoms with E-state index in [0.29, 0.717) is 32.4 Å². The molecule has 0 saturated carbocycles. The summed E-state index contributed by atoms with van der Waals surface area (Å²) in [6.45, 7) is 8.32. The minimum Gasteiger partial charge on any atom is -0.394 e. The highest BCUT2D eigenvalue weighted by Gasteiger charge is 2.24. The number of carbonyl (C=O) groups is 2. The van der Waals surface area contributed by atoms with Gasteiger partial charge in [0.2, 0.25) is 11.8 Å². The smallest absolute Gasteiger partial charge is 0.234 e. The molecule has 2 unspecified atom stereocenters. The van der Waals surface area contributed by atoms with Gasteiger partial charge in [0.05, 0.1) is 12.7 Å². The molecule has 0 aliphatic carbocycles. The summed E-state index contributed by atoms with van der Waals surface area (Å²) in [4.78, 5) is 26.4. The molecule has 0 saturated heterocycles. The van der Waals surface area contributed by atoms with E-state index < -0.39 is 18.9 Å².